The van der Waals surface area contributed by atoms with Crippen molar-refractivity contribution in [2.45, 2.75) is 25.8 Å². The van der Waals surface area contributed by atoms with E-state index < -0.39 is 5.97 Å². The SMILES string of the molecule is COC(=O)C1CCn2c(Cc3ccco3)nc(C(=O)O)c2C1. The molecule has 1 unspecified atom stereocenters. The Bertz CT molecular complexity index is 702. The zero-order valence-electron chi connectivity index (χ0n) is 12.1. The number of methoxy groups -OCH3 is 1. The predicted molar refractivity (Wildman–Crippen MR) is 74.5 cm³/mol. The maximum absolute atomic E-state index is 11.7. The Morgan fingerprint density at radius 2 is 2.36 bits per heavy atom. The van der Waals surface area contributed by atoms with Gasteiger partial charge in [0.1, 0.15) is 11.6 Å². The first-order valence-electron chi connectivity index (χ1n) is 7.02. The monoisotopic (exact) mass is 304 g/mol. The number of rotatable bonds is 4. The summed E-state index contributed by atoms with van der Waals surface area (Å²) in [7, 11) is 1.34. The minimum atomic E-state index is -1.08. The van der Waals surface area contributed by atoms with Gasteiger partial charge < -0.3 is 18.8 Å². The molecule has 0 radical (unpaired) electrons. The third kappa shape index (κ3) is 2.49. The number of carbonyl (C=O) groups excluding carboxylic acids is 1. The molecule has 7 nitrogen and oxygen atoms in total. The number of aromatic nitrogens is 2. The van der Waals surface area contributed by atoms with E-state index in [-0.39, 0.29) is 17.6 Å². The Hall–Kier alpha value is -2.57. The Balaban J connectivity index is 1.95. The van der Waals surface area contributed by atoms with E-state index in [0.29, 0.717) is 37.3 Å². The van der Waals surface area contributed by atoms with Gasteiger partial charge in [-0.3, -0.25) is 4.79 Å². The number of nitrogens with zero attached hydrogens (tertiary/aromatic N) is 2. The second-order valence-corrected chi connectivity index (χ2v) is 5.25. The Morgan fingerprint density at radius 3 is 3.00 bits per heavy atom. The molecular weight excluding hydrogens is 288 g/mol. The van der Waals surface area contributed by atoms with E-state index in [2.05, 4.69) is 4.98 Å². The van der Waals surface area contributed by atoms with Crippen LogP contribution in [0.3, 0.4) is 0 Å². The predicted octanol–water partition coefficient (Wildman–Crippen LogP) is 1.50. The van der Waals surface area contributed by atoms with E-state index in [9.17, 15) is 14.7 Å². The van der Waals surface area contributed by atoms with Crippen LogP contribution in [0.5, 0.6) is 0 Å². The average molecular weight is 304 g/mol. The summed E-state index contributed by atoms with van der Waals surface area (Å²) in [6.45, 7) is 0.547. The van der Waals surface area contributed by atoms with Gasteiger partial charge in [-0.05, 0) is 18.6 Å². The zero-order chi connectivity index (χ0) is 15.7. The third-order valence-corrected chi connectivity index (χ3v) is 3.94. The summed E-state index contributed by atoms with van der Waals surface area (Å²) in [4.78, 5) is 27.4. The van der Waals surface area contributed by atoms with Crippen LogP contribution in [-0.2, 0) is 28.9 Å². The van der Waals surface area contributed by atoms with Crippen molar-refractivity contribution in [3.63, 3.8) is 0 Å². The highest BCUT2D eigenvalue weighted by atomic mass is 16.5. The van der Waals surface area contributed by atoms with Gasteiger partial charge in [0.2, 0.25) is 0 Å². The highest BCUT2D eigenvalue weighted by molar-refractivity contribution is 5.87. The summed E-state index contributed by atoms with van der Waals surface area (Å²) in [5.41, 5.74) is 0.589. The number of furan rings is 1. The molecule has 0 aromatic carbocycles. The second-order valence-electron chi connectivity index (χ2n) is 5.25. The molecule has 1 aliphatic heterocycles. The van der Waals surface area contributed by atoms with Crippen molar-refractivity contribution >= 4 is 11.9 Å². The molecule has 1 N–H and O–H groups in total. The van der Waals surface area contributed by atoms with Crippen LogP contribution in [0.4, 0.5) is 0 Å². The summed E-state index contributed by atoms with van der Waals surface area (Å²) in [6.07, 6.45) is 2.94. The lowest BCUT2D eigenvalue weighted by atomic mass is 9.95. The number of carboxylic acid groups (broad SMARTS) is 1. The first kappa shape index (κ1) is 14.4. The first-order valence-corrected chi connectivity index (χ1v) is 7.02. The van der Waals surface area contributed by atoms with Crippen molar-refractivity contribution in [2.24, 2.45) is 5.92 Å². The Morgan fingerprint density at radius 1 is 1.55 bits per heavy atom. The molecular formula is C15H16N2O5. The number of hydrogen-bond acceptors (Lipinski definition) is 5. The van der Waals surface area contributed by atoms with Crippen molar-refractivity contribution in [1.29, 1.82) is 0 Å². The molecule has 22 heavy (non-hydrogen) atoms. The summed E-state index contributed by atoms with van der Waals surface area (Å²) in [5, 5.41) is 9.35. The lowest BCUT2D eigenvalue weighted by molar-refractivity contribution is -0.146. The van der Waals surface area contributed by atoms with Crippen molar-refractivity contribution in [3.8, 4) is 0 Å². The molecule has 0 saturated carbocycles. The molecule has 2 aromatic rings. The number of esters is 1. The maximum atomic E-state index is 11.7. The number of aromatic carboxylic acids is 1. The number of carbonyl (C=O) groups is 2. The molecule has 2 aromatic heterocycles. The van der Waals surface area contributed by atoms with Crippen LogP contribution in [0.25, 0.3) is 0 Å². The number of carboxylic acids is 1. The van der Waals surface area contributed by atoms with Gasteiger partial charge in [-0.25, -0.2) is 9.78 Å². The quantitative estimate of drug-likeness (QED) is 0.860. The fraction of sp³-hybridized carbons (Fsp3) is 0.400. The van der Waals surface area contributed by atoms with Crippen LogP contribution in [0, 0.1) is 5.92 Å². The van der Waals surface area contributed by atoms with Gasteiger partial charge in [0.25, 0.3) is 0 Å². The fourth-order valence-corrected chi connectivity index (χ4v) is 2.87. The number of fused-ring (bicyclic) bond motifs is 1. The van der Waals surface area contributed by atoms with Crippen LogP contribution in [0.2, 0.25) is 0 Å². The number of hydrogen-bond donors (Lipinski definition) is 1. The molecule has 0 amide bonds. The van der Waals surface area contributed by atoms with Crippen molar-refractivity contribution in [1.82, 2.24) is 9.55 Å². The first-order chi connectivity index (χ1) is 10.6. The molecule has 3 heterocycles. The molecule has 0 fully saturated rings. The second kappa shape index (κ2) is 5.67. The normalized spacial score (nSPS) is 17.0. The molecule has 0 spiro atoms. The van der Waals surface area contributed by atoms with Gasteiger partial charge in [0, 0.05) is 13.0 Å². The van der Waals surface area contributed by atoms with Crippen LogP contribution >= 0.6 is 0 Å². The molecule has 1 aliphatic rings. The van der Waals surface area contributed by atoms with Gasteiger partial charge in [-0.15, -0.1) is 0 Å². The Kier molecular flexibility index (Phi) is 3.70. The maximum Gasteiger partial charge on any atom is 0.356 e. The highest BCUT2D eigenvalue weighted by Crippen LogP contribution is 2.27. The molecule has 3 rings (SSSR count). The van der Waals surface area contributed by atoms with Crippen molar-refractivity contribution < 1.29 is 23.8 Å². The molecule has 116 valence electrons. The highest BCUT2D eigenvalue weighted by Gasteiger charge is 2.32. The molecule has 7 heteroatoms. The standard InChI is InChI=1S/C15H16N2O5/c1-21-15(20)9-4-5-17-11(7-9)13(14(18)19)16-12(17)8-10-3-2-6-22-10/h2-3,6,9H,4-5,7-8H2,1H3,(H,18,19). The largest absolute Gasteiger partial charge is 0.476 e. The third-order valence-electron chi connectivity index (χ3n) is 3.94. The van der Waals surface area contributed by atoms with Gasteiger partial charge in [-0.1, -0.05) is 0 Å². The molecule has 0 saturated heterocycles. The molecule has 1 atom stereocenters. The number of imidazole rings is 1. The summed E-state index contributed by atoms with van der Waals surface area (Å²) < 4.78 is 11.9. The minimum Gasteiger partial charge on any atom is -0.476 e. The molecule has 0 aliphatic carbocycles. The summed E-state index contributed by atoms with van der Waals surface area (Å²) in [5.74, 6) is -0.342. The van der Waals surface area contributed by atoms with Crippen LogP contribution in [0.15, 0.2) is 22.8 Å². The lowest BCUT2D eigenvalue weighted by Gasteiger charge is -2.23. The van der Waals surface area contributed by atoms with Crippen molar-refractivity contribution in [3.05, 3.63) is 41.4 Å². The van der Waals surface area contributed by atoms with E-state index >= 15 is 0 Å². The van der Waals surface area contributed by atoms with Crippen molar-refractivity contribution in [2.75, 3.05) is 7.11 Å². The number of ether oxygens (including phenoxy) is 1. The average Bonchev–Trinajstić information content (AvgIpc) is 3.14. The van der Waals surface area contributed by atoms with Gasteiger partial charge in [-0.2, -0.15) is 0 Å². The summed E-state index contributed by atoms with van der Waals surface area (Å²) >= 11 is 0. The minimum absolute atomic E-state index is 0.00941. The Labute approximate surface area is 126 Å². The van der Waals surface area contributed by atoms with Crippen LogP contribution in [-0.4, -0.2) is 33.7 Å². The van der Waals surface area contributed by atoms with Gasteiger partial charge in [0.05, 0.1) is 31.4 Å². The van der Waals surface area contributed by atoms with Gasteiger partial charge >= 0.3 is 11.9 Å². The van der Waals surface area contributed by atoms with E-state index in [1.165, 1.54) is 7.11 Å². The molecule has 0 bridgehead atoms. The van der Waals surface area contributed by atoms with E-state index in [1.807, 2.05) is 10.6 Å². The fourth-order valence-electron chi connectivity index (χ4n) is 2.87. The van der Waals surface area contributed by atoms with E-state index in [1.54, 1.807) is 12.3 Å². The van der Waals surface area contributed by atoms with E-state index in [4.69, 9.17) is 9.15 Å². The smallest absolute Gasteiger partial charge is 0.356 e. The summed E-state index contributed by atoms with van der Waals surface area (Å²) in [6, 6.07) is 3.60. The van der Waals surface area contributed by atoms with E-state index in [0.717, 1.165) is 5.76 Å². The lowest BCUT2D eigenvalue weighted by Crippen LogP contribution is -2.28. The van der Waals surface area contributed by atoms with Gasteiger partial charge in [0.15, 0.2) is 5.69 Å². The zero-order valence-corrected chi connectivity index (χ0v) is 12.1. The van der Waals surface area contributed by atoms with Crippen LogP contribution < -0.4 is 0 Å². The van der Waals surface area contributed by atoms with Crippen LogP contribution in [0.1, 0.15) is 34.2 Å². The topological polar surface area (TPSA) is 94.6 Å².